The van der Waals surface area contributed by atoms with E-state index in [4.69, 9.17) is 16.3 Å². The molecule has 0 fully saturated rings. The first-order valence-electron chi connectivity index (χ1n) is 6.69. The van der Waals surface area contributed by atoms with E-state index in [1.54, 1.807) is 24.3 Å². The standard InChI is InChI=1S/C16H18ClNO2S/c1-16(15(19)20-2,13-7-3-4-8-14(13)17)18-10-9-12-6-5-11-21-12/h3-8,11,18H,9-10H2,1-2H3. The van der Waals surface area contributed by atoms with E-state index in [9.17, 15) is 4.79 Å². The zero-order valence-corrected chi connectivity index (χ0v) is 13.6. The second kappa shape index (κ2) is 7.07. The van der Waals surface area contributed by atoms with Crippen molar-refractivity contribution in [1.82, 2.24) is 5.32 Å². The number of nitrogens with one attached hydrogen (secondary N) is 1. The topological polar surface area (TPSA) is 38.3 Å². The number of benzene rings is 1. The quantitative estimate of drug-likeness (QED) is 0.825. The van der Waals surface area contributed by atoms with Gasteiger partial charge in [0.05, 0.1) is 7.11 Å². The Labute approximate surface area is 133 Å². The van der Waals surface area contributed by atoms with Crippen molar-refractivity contribution in [3.8, 4) is 0 Å². The fraction of sp³-hybridized carbons (Fsp3) is 0.312. The summed E-state index contributed by atoms with van der Waals surface area (Å²) in [7, 11) is 1.39. The zero-order valence-electron chi connectivity index (χ0n) is 12.1. The van der Waals surface area contributed by atoms with Crippen LogP contribution in [0.1, 0.15) is 17.4 Å². The van der Waals surface area contributed by atoms with Crippen molar-refractivity contribution in [3.05, 3.63) is 57.2 Å². The second-order valence-electron chi connectivity index (χ2n) is 4.85. The van der Waals surface area contributed by atoms with Gasteiger partial charge in [-0.1, -0.05) is 35.9 Å². The lowest BCUT2D eigenvalue weighted by atomic mass is 9.91. The molecule has 2 rings (SSSR count). The van der Waals surface area contributed by atoms with Gasteiger partial charge in [-0.3, -0.25) is 5.32 Å². The van der Waals surface area contributed by atoms with Crippen molar-refractivity contribution >= 4 is 28.9 Å². The van der Waals surface area contributed by atoms with Crippen LogP contribution in [0.2, 0.25) is 5.02 Å². The lowest BCUT2D eigenvalue weighted by Crippen LogP contribution is -2.48. The van der Waals surface area contributed by atoms with Crippen LogP contribution in [0, 0.1) is 0 Å². The first-order valence-corrected chi connectivity index (χ1v) is 7.94. The third-order valence-corrected chi connectivity index (χ3v) is 4.70. The third kappa shape index (κ3) is 3.64. The van der Waals surface area contributed by atoms with Gasteiger partial charge in [0, 0.05) is 22.0 Å². The van der Waals surface area contributed by atoms with Crippen LogP contribution in [-0.4, -0.2) is 19.6 Å². The summed E-state index contributed by atoms with van der Waals surface area (Å²) < 4.78 is 4.96. The van der Waals surface area contributed by atoms with Gasteiger partial charge in [-0.15, -0.1) is 11.3 Å². The van der Waals surface area contributed by atoms with Crippen molar-refractivity contribution in [2.75, 3.05) is 13.7 Å². The highest BCUT2D eigenvalue weighted by Crippen LogP contribution is 2.29. The van der Waals surface area contributed by atoms with E-state index in [-0.39, 0.29) is 5.97 Å². The van der Waals surface area contributed by atoms with Crippen LogP contribution >= 0.6 is 22.9 Å². The largest absolute Gasteiger partial charge is 0.467 e. The molecule has 1 aromatic carbocycles. The predicted octanol–water partition coefficient (Wildman–Crippen LogP) is 3.62. The van der Waals surface area contributed by atoms with Gasteiger partial charge in [-0.05, 0) is 30.9 Å². The molecule has 0 saturated carbocycles. The average Bonchev–Trinajstić information content (AvgIpc) is 3.00. The summed E-state index contributed by atoms with van der Waals surface area (Å²) in [5.41, 5.74) is -0.227. The molecule has 0 bridgehead atoms. The highest BCUT2D eigenvalue weighted by atomic mass is 35.5. The molecule has 0 radical (unpaired) electrons. The highest BCUT2D eigenvalue weighted by Gasteiger charge is 2.37. The Bertz CT molecular complexity index is 600. The van der Waals surface area contributed by atoms with E-state index in [1.807, 2.05) is 29.6 Å². The van der Waals surface area contributed by atoms with Gasteiger partial charge < -0.3 is 4.74 Å². The Hall–Kier alpha value is -1.36. The number of methoxy groups -OCH3 is 1. The molecule has 2 aromatic rings. The minimum atomic E-state index is -0.954. The maximum absolute atomic E-state index is 12.2. The second-order valence-corrected chi connectivity index (χ2v) is 6.29. The van der Waals surface area contributed by atoms with Crippen molar-refractivity contribution in [3.63, 3.8) is 0 Å². The van der Waals surface area contributed by atoms with E-state index >= 15 is 0 Å². The van der Waals surface area contributed by atoms with Gasteiger partial charge >= 0.3 is 5.97 Å². The van der Waals surface area contributed by atoms with E-state index < -0.39 is 5.54 Å². The summed E-state index contributed by atoms with van der Waals surface area (Å²) in [5.74, 6) is -0.346. The van der Waals surface area contributed by atoms with E-state index in [0.717, 1.165) is 12.0 Å². The van der Waals surface area contributed by atoms with Crippen LogP contribution in [0.3, 0.4) is 0 Å². The molecule has 1 heterocycles. The van der Waals surface area contributed by atoms with Gasteiger partial charge in [0.25, 0.3) is 0 Å². The van der Waals surface area contributed by atoms with Crippen LogP contribution in [0.4, 0.5) is 0 Å². The molecule has 3 nitrogen and oxygen atoms in total. The minimum absolute atomic E-state index is 0.346. The van der Waals surface area contributed by atoms with Gasteiger partial charge in [0.15, 0.2) is 0 Å². The number of hydrogen-bond donors (Lipinski definition) is 1. The zero-order chi connectivity index (χ0) is 15.3. The van der Waals surface area contributed by atoms with Crippen LogP contribution in [-0.2, 0) is 21.5 Å². The number of rotatable bonds is 6. The number of carbonyl (C=O) groups is 1. The summed E-state index contributed by atoms with van der Waals surface area (Å²) in [5, 5.41) is 5.88. The summed E-state index contributed by atoms with van der Waals surface area (Å²) in [4.78, 5) is 13.5. The Morgan fingerprint density at radius 3 is 2.71 bits per heavy atom. The third-order valence-electron chi connectivity index (χ3n) is 3.44. The molecule has 21 heavy (non-hydrogen) atoms. The molecule has 5 heteroatoms. The molecule has 0 aliphatic carbocycles. The molecular weight excluding hydrogens is 306 g/mol. The number of thiophene rings is 1. The Kier molecular flexibility index (Phi) is 5.39. The SMILES string of the molecule is COC(=O)C(C)(NCCc1cccs1)c1ccccc1Cl. The molecule has 1 atom stereocenters. The number of ether oxygens (including phenoxy) is 1. The van der Waals surface area contributed by atoms with Crippen molar-refractivity contribution < 1.29 is 9.53 Å². The molecule has 0 aliphatic heterocycles. The summed E-state index contributed by atoms with van der Waals surface area (Å²) in [6, 6.07) is 11.4. The molecule has 0 saturated heterocycles. The summed E-state index contributed by atoms with van der Waals surface area (Å²) in [6.45, 7) is 2.46. The molecule has 0 spiro atoms. The average molecular weight is 324 g/mol. The number of halogens is 1. The van der Waals surface area contributed by atoms with Gasteiger partial charge in [0.1, 0.15) is 5.54 Å². The van der Waals surface area contributed by atoms with Crippen LogP contribution in [0.5, 0.6) is 0 Å². The van der Waals surface area contributed by atoms with Crippen molar-refractivity contribution in [2.45, 2.75) is 18.9 Å². The van der Waals surface area contributed by atoms with Gasteiger partial charge in [-0.25, -0.2) is 4.79 Å². The smallest absolute Gasteiger partial charge is 0.330 e. The van der Waals surface area contributed by atoms with Gasteiger partial charge in [0.2, 0.25) is 0 Å². The maximum atomic E-state index is 12.2. The molecule has 112 valence electrons. The predicted molar refractivity (Wildman–Crippen MR) is 86.8 cm³/mol. The van der Waals surface area contributed by atoms with E-state index in [0.29, 0.717) is 11.6 Å². The van der Waals surface area contributed by atoms with E-state index in [2.05, 4.69) is 11.4 Å². The van der Waals surface area contributed by atoms with Crippen molar-refractivity contribution in [2.24, 2.45) is 0 Å². The van der Waals surface area contributed by atoms with Crippen molar-refractivity contribution in [1.29, 1.82) is 0 Å². The lowest BCUT2D eigenvalue weighted by Gasteiger charge is -2.29. The molecule has 1 unspecified atom stereocenters. The molecule has 0 aliphatic rings. The fourth-order valence-electron chi connectivity index (χ4n) is 2.24. The number of hydrogen-bond acceptors (Lipinski definition) is 4. The summed E-state index contributed by atoms with van der Waals surface area (Å²) >= 11 is 7.95. The first kappa shape index (κ1) is 16.0. The lowest BCUT2D eigenvalue weighted by molar-refractivity contribution is -0.148. The van der Waals surface area contributed by atoms with Crippen LogP contribution in [0.15, 0.2) is 41.8 Å². The van der Waals surface area contributed by atoms with E-state index in [1.165, 1.54) is 12.0 Å². The minimum Gasteiger partial charge on any atom is -0.467 e. The normalized spacial score (nSPS) is 13.7. The van der Waals surface area contributed by atoms with Crippen LogP contribution in [0.25, 0.3) is 0 Å². The molecule has 0 amide bonds. The summed E-state index contributed by atoms with van der Waals surface area (Å²) in [6.07, 6.45) is 0.856. The van der Waals surface area contributed by atoms with Crippen LogP contribution < -0.4 is 5.32 Å². The Morgan fingerprint density at radius 1 is 1.33 bits per heavy atom. The Balaban J connectivity index is 2.17. The number of carbonyl (C=O) groups excluding carboxylic acids is 1. The fourth-order valence-corrected chi connectivity index (χ4v) is 3.27. The Morgan fingerprint density at radius 2 is 2.10 bits per heavy atom. The molecular formula is C16H18ClNO2S. The first-order chi connectivity index (χ1) is 10.1. The van der Waals surface area contributed by atoms with Gasteiger partial charge in [-0.2, -0.15) is 0 Å². The molecule has 1 aromatic heterocycles. The molecule has 1 N–H and O–H groups in total. The number of esters is 1. The monoisotopic (exact) mass is 323 g/mol. The maximum Gasteiger partial charge on any atom is 0.330 e. The highest BCUT2D eigenvalue weighted by molar-refractivity contribution is 7.09.